The van der Waals surface area contributed by atoms with E-state index in [0.717, 1.165) is 37.0 Å². The van der Waals surface area contributed by atoms with E-state index in [-0.39, 0.29) is 0 Å². The van der Waals surface area contributed by atoms with Crippen LogP contribution in [0.5, 0.6) is 0 Å². The lowest BCUT2D eigenvalue weighted by Crippen LogP contribution is -2.31. The van der Waals surface area contributed by atoms with Crippen LogP contribution in [0.25, 0.3) is 0 Å². The fourth-order valence-electron chi connectivity index (χ4n) is 3.06. The summed E-state index contributed by atoms with van der Waals surface area (Å²) in [6, 6.07) is 0. The molecule has 2 rings (SSSR count). The van der Waals surface area contributed by atoms with Gasteiger partial charge in [-0.1, -0.05) is 6.92 Å². The van der Waals surface area contributed by atoms with Gasteiger partial charge in [-0.05, 0) is 51.6 Å². The molecule has 2 heterocycles. The lowest BCUT2D eigenvalue weighted by atomic mass is 9.98. The van der Waals surface area contributed by atoms with E-state index in [1.807, 2.05) is 7.05 Å². The summed E-state index contributed by atoms with van der Waals surface area (Å²) in [5.41, 5.74) is 3.57. The molecule has 0 radical (unpaired) electrons. The van der Waals surface area contributed by atoms with E-state index in [4.69, 9.17) is 9.97 Å². The summed E-state index contributed by atoms with van der Waals surface area (Å²) in [4.78, 5) is 11.8. The van der Waals surface area contributed by atoms with Gasteiger partial charge in [0.2, 0.25) is 5.95 Å². The van der Waals surface area contributed by atoms with Crippen molar-refractivity contribution in [2.75, 3.05) is 31.6 Å². The van der Waals surface area contributed by atoms with Gasteiger partial charge in [0.05, 0.1) is 0 Å². The van der Waals surface area contributed by atoms with Gasteiger partial charge in [-0.2, -0.15) is 0 Å². The number of nitrogens with one attached hydrogen (secondary N) is 1. The first-order valence-electron chi connectivity index (χ1n) is 7.38. The van der Waals surface area contributed by atoms with Gasteiger partial charge in [0.25, 0.3) is 0 Å². The number of piperidine rings is 1. The SMILES string of the molecule is CNCC(C)c1c(C)nc(N2CCCCC2)nc1C. The molecule has 0 saturated carbocycles. The largest absolute Gasteiger partial charge is 0.341 e. The predicted molar refractivity (Wildman–Crippen MR) is 79.9 cm³/mol. The van der Waals surface area contributed by atoms with Crippen molar-refractivity contribution < 1.29 is 0 Å². The Labute approximate surface area is 116 Å². The molecular formula is C15H26N4. The number of likely N-dealkylation sites (N-methyl/N-ethyl adjacent to an activating group) is 1. The average molecular weight is 262 g/mol. The van der Waals surface area contributed by atoms with Gasteiger partial charge < -0.3 is 10.2 Å². The summed E-state index contributed by atoms with van der Waals surface area (Å²) in [7, 11) is 1.99. The van der Waals surface area contributed by atoms with Crippen LogP contribution in [0.15, 0.2) is 0 Å². The van der Waals surface area contributed by atoms with Gasteiger partial charge in [-0.3, -0.25) is 0 Å². The van der Waals surface area contributed by atoms with Crippen LogP contribution in [0.3, 0.4) is 0 Å². The van der Waals surface area contributed by atoms with Gasteiger partial charge in [0.1, 0.15) is 0 Å². The molecule has 0 aliphatic carbocycles. The summed E-state index contributed by atoms with van der Waals surface area (Å²) in [5, 5.41) is 3.23. The molecule has 1 atom stereocenters. The highest BCUT2D eigenvalue weighted by Crippen LogP contribution is 2.24. The highest BCUT2D eigenvalue weighted by Gasteiger charge is 2.18. The van der Waals surface area contributed by atoms with E-state index in [9.17, 15) is 0 Å². The number of aromatic nitrogens is 2. The van der Waals surface area contributed by atoms with E-state index in [0.29, 0.717) is 5.92 Å². The average Bonchev–Trinajstić information content (AvgIpc) is 2.39. The molecule has 1 unspecified atom stereocenters. The van der Waals surface area contributed by atoms with Crippen LogP contribution >= 0.6 is 0 Å². The zero-order chi connectivity index (χ0) is 13.8. The zero-order valence-electron chi connectivity index (χ0n) is 12.7. The Kier molecular flexibility index (Phi) is 4.75. The van der Waals surface area contributed by atoms with Crippen LogP contribution in [0, 0.1) is 13.8 Å². The van der Waals surface area contributed by atoms with Crippen molar-refractivity contribution in [3.05, 3.63) is 17.0 Å². The van der Waals surface area contributed by atoms with Gasteiger partial charge in [-0.25, -0.2) is 9.97 Å². The van der Waals surface area contributed by atoms with Crippen molar-refractivity contribution >= 4 is 5.95 Å². The van der Waals surface area contributed by atoms with E-state index in [1.54, 1.807) is 0 Å². The Hall–Kier alpha value is -1.16. The maximum Gasteiger partial charge on any atom is 0.225 e. The van der Waals surface area contributed by atoms with Gasteiger partial charge >= 0.3 is 0 Å². The first-order chi connectivity index (χ1) is 9.13. The molecule has 1 N–H and O–H groups in total. The van der Waals surface area contributed by atoms with E-state index in [2.05, 4.69) is 31.0 Å². The van der Waals surface area contributed by atoms with Crippen molar-refractivity contribution in [3.63, 3.8) is 0 Å². The third-order valence-corrected chi connectivity index (χ3v) is 3.96. The molecule has 0 bridgehead atoms. The highest BCUT2D eigenvalue weighted by atomic mass is 15.3. The third kappa shape index (κ3) is 3.24. The Morgan fingerprint density at radius 1 is 1.11 bits per heavy atom. The first-order valence-corrected chi connectivity index (χ1v) is 7.38. The highest BCUT2D eigenvalue weighted by molar-refractivity contribution is 5.38. The number of rotatable bonds is 4. The summed E-state index contributed by atoms with van der Waals surface area (Å²) >= 11 is 0. The number of nitrogens with zero attached hydrogens (tertiary/aromatic N) is 3. The fourth-order valence-corrected chi connectivity index (χ4v) is 3.06. The second-order valence-corrected chi connectivity index (χ2v) is 5.61. The molecule has 0 spiro atoms. The molecule has 1 saturated heterocycles. The van der Waals surface area contributed by atoms with Crippen LogP contribution in [-0.4, -0.2) is 36.6 Å². The van der Waals surface area contributed by atoms with Crippen molar-refractivity contribution in [3.8, 4) is 0 Å². The first kappa shape index (κ1) is 14.3. The zero-order valence-corrected chi connectivity index (χ0v) is 12.7. The molecule has 1 aromatic heterocycles. The van der Waals surface area contributed by atoms with Crippen LogP contribution in [-0.2, 0) is 0 Å². The maximum atomic E-state index is 4.75. The van der Waals surface area contributed by atoms with Crippen LogP contribution in [0.2, 0.25) is 0 Å². The molecule has 1 fully saturated rings. The van der Waals surface area contributed by atoms with Crippen molar-refractivity contribution in [2.24, 2.45) is 0 Å². The van der Waals surface area contributed by atoms with Gasteiger partial charge in [-0.15, -0.1) is 0 Å². The van der Waals surface area contributed by atoms with Crippen molar-refractivity contribution in [2.45, 2.75) is 46.0 Å². The topological polar surface area (TPSA) is 41.1 Å². The number of hydrogen-bond donors (Lipinski definition) is 1. The minimum Gasteiger partial charge on any atom is -0.341 e. The second-order valence-electron chi connectivity index (χ2n) is 5.61. The normalized spacial score (nSPS) is 17.6. The molecule has 1 aliphatic heterocycles. The molecule has 4 nitrogen and oxygen atoms in total. The Morgan fingerprint density at radius 3 is 2.21 bits per heavy atom. The molecule has 0 aromatic carbocycles. The van der Waals surface area contributed by atoms with E-state index < -0.39 is 0 Å². The molecular weight excluding hydrogens is 236 g/mol. The molecule has 0 amide bonds. The van der Waals surface area contributed by atoms with E-state index >= 15 is 0 Å². The van der Waals surface area contributed by atoms with E-state index in [1.165, 1.54) is 24.8 Å². The second kappa shape index (κ2) is 6.33. The smallest absolute Gasteiger partial charge is 0.225 e. The fraction of sp³-hybridized carbons (Fsp3) is 0.733. The summed E-state index contributed by atoms with van der Waals surface area (Å²) in [6.07, 6.45) is 3.87. The van der Waals surface area contributed by atoms with Crippen molar-refractivity contribution in [1.82, 2.24) is 15.3 Å². The van der Waals surface area contributed by atoms with Gasteiger partial charge in [0.15, 0.2) is 0 Å². The third-order valence-electron chi connectivity index (χ3n) is 3.96. The standard InChI is InChI=1S/C15H26N4/c1-11(10-16-4)14-12(2)17-15(18-13(14)3)19-8-6-5-7-9-19/h11,16H,5-10H2,1-4H3. The molecule has 1 aromatic rings. The number of hydrogen-bond acceptors (Lipinski definition) is 4. The van der Waals surface area contributed by atoms with Crippen LogP contribution < -0.4 is 10.2 Å². The number of anilines is 1. The molecule has 106 valence electrons. The Bertz CT molecular complexity index is 401. The lowest BCUT2D eigenvalue weighted by molar-refractivity contribution is 0.565. The lowest BCUT2D eigenvalue weighted by Gasteiger charge is -2.28. The minimum atomic E-state index is 0.459. The minimum absolute atomic E-state index is 0.459. The molecule has 19 heavy (non-hydrogen) atoms. The van der Waals surface area contributed by atoms with Crippen molar-refractivity contribution in [1.29, 1.82) is 0 Å². The monoisotopic (exact) mass is 262 g/mol. The molecule has 1 aliphatic rings. The maximum absolute atomic E-state index is 4.75. The molecule has 4 heteroatoms. The predicted octanol–water partition coefficient (Wildman–Crippen LogP) is 2.41. The quantitative estimate of drug-likeness (QED) is 0.904. The summed E-state index contributed by atoms with van der Waals surface area (Å²) in [5.74, 6) is 1.38. The van der Waals surface area contributed by atoms with Crippen LogP contribution in [0.4, 0.5) is 5.95 Å². The van der Waals surface area contributed by atoms with Gasteiger partial charge in [0, 0.05) is 31.0 Å². The Morgan fingerprint density at radius 2 is 1.68 bits per heavy atom. The summed E-state index contributed by atoms with van der Waals surface area (Å²) < 4.78 is 0. The van der Waals surface area contributed by atoms with Crippen LogP contribution in [0.1, 0.15) is 49.1 Å². The number of aryl methyl sites for hydroxylation is 2. The summed E-state index contributed by atoms with van der Waals surface area (Å²) in [6.45, 7) is 9.63. The Balaban J connectivity index is 2.25.